The van der Waals surface area contributed by atoms with E-state index in [1.54, 1.807) is 31.4 Å². The Morgan fingerprint density at radius 1 is 0.684 bits per heavy atom. The maximum atomic E-state index is 11.4. The van der Waals surface area contributed by atoms with Crippen LogP contribution in [0, 0.1) is 41.5 Å². The van der Waals surface area contributed by atoms with Gasteiger partial charge in [0.05, 0.1) is 18.4 Å². The lowest BCUT2D eigenvalue weighted by molar-refractivity contribution is 0.0697. The van der Waals surface area contributed by atoms with Crippen molar-refractivity contribution in [2.24, 2.45) is 10.2 Å². The Morgan fingerprint density at radius 3 is 1.50 bits per heavy atom. The summed E-state index contributed by atoms with van der Waals surface area (Å²) in [6.07, 6.45) is 0. The van der Waals surface area contributed by atoms with E-state index in [1.165, 1.54) is 0 Å². The van der Waals surface area contributed by atoms with Crippen LogP contribution in [0.5, 0.6) is 5.75 Å². The van der Waals surface area contributed by atoms with Gasteiger partial charge in [-0.25, -0.2) is 4.79 Å². The molecule has 194 valence electrons. The third-order valence-corrected chi connectivity index (χ3v) is 6.79. The molecule has 5 nitrogen and oxygen atoms in total. The second-order valence-corrected chi connectivity index (χ2v) is 10.2. The molecule has 0 unspecified atom stereocenters. The molecule has 1 N–H and O–H groups in total. The third kappa shape index (κ3) is 5.23. The highest BCUT2D eigenvalue weighted by Gasteiger charge is 2.38. The largest absolute Gasteiger partial charge is 0.496 e. The van der Waals surface area contributed by atoms with Gasteiger partial charge in [-0.3, -0.25) is 0 Å². The van der Waals surface area contributed by atoms with E-state index in [2.05, 4.69) is 76.2 Å². The Balaban J connectivity index is 2.10. The number of aromatic carboxylic acids is 1. The van der Waals surface area contributed by atoms with Crippen LogP contribution in [-0.4, -0.2) is 18.2 Å². The van der Waals surface area contributed by atoms with Crippen LogP contribution in [0.1, 0.15) is 60.4 Å². The fourth-order valence-electron chi connectivity index (χ4n) is 5.32. The fourth-order valence-corrected chi connectivity index (χ4v) is 5.32. The first-order valence-corrected chi connectivity index (χ1v) is 12.6. The molecule has 4 aromatic rings. The predicted octanol–water partition coefficient (Wildman–Crippen LogP) is 8.32. The number of carboxylic acid groups (broad SMARTS) is 1. The summed E-state index contributed by atoms with van der Waals surface area (Å²) >= 11 is 0. The number of methoxy groups -OCH3 is 1. The summed E-state index contributed by atoms with van der Waals surface area (Å²) in [7, 11) is 1.69. The molecule has 0 spiro atoms. The predicted molar refractivity (Wildman–Crippen MR) is 152 cm³/mol. The molecule has 0 radical (unpaired) electrons. The first kappa shape index (κ1) is 26.8. The normalized spacial score (nSPS) is 11.7. The van der Waals surface area contributed by atoms with E-state index in [0.717, 1.165) is 55.8 Å². The van der Waals surface area contributed by atoms with Gasteiger partial charge >= 0.3 is 5.97 Å². The molecule has 4 aromatic carbocycles. The van der Waals surface area contributed by atoms with Crippen LogP contribution in [-0.2, 0) is 5.54 Å². The Morgan fingerprint density at radius 2 is 1.11 bits per heavy atom. The molecule has 0 saturated heterocycles. The van der Waals surface area contributed by atoms with E-state index in [9.17, 15) is 9.90 Å². The number of carbonyl (C=O) groups is 1. The van der Waals surface area contributed by atoms with Crippen LogP contribution >= 0.6 is 0 Å². The summed E-state index contributed by atoms with van der Waals surface area (Å²) in [5, 5.41) is 19.2. The van der Waals surface area contributed by atoms with Gasteiger partial charge in [-0.2, -0.15) is 10.2 Å². The molecule has 0 saturated carbocycles. The highest BCUT2D eigenvalue weighted by Crippen LogP contribution is 2.45. The van der Waals surface area contributed by atoms with Gasteiger partial charge < -0.3 is 9.84 Å². The zero-order chi connectivity index (χ0) is 27.6. The molecular formula is C33H34N2O3. The van der Waals surface area contributed by atoms with E-state index in [0.29, 0.717) is 5.69 Å². The molecular weight excluding hydrogens is 472 g/mol. The Bertz CT molecular complexity index is 1420. The average Bonchev–Trinajstić information content (AvgIpc) is 2.83. The topological polar surface area (TPSA) is 71.2 Å². The second-order valence-electron chi connectivity index (χ2n) is 10.2. The summed E-state index contributed by atoms with van der Waals surface area (Å²) in [6.45, 7) is 12.5. The van der Waals surface area contributed by atoms with Crippen molar-refractivity contribution in [3.8, 4) is 5.75 Å². The van der Waals surface area contributed by atoms with E-state index < -0.39 is 11.5 Å². The van der Waals surface area contributed by atoms with E-state index in [-0.39, 0.29) is 5.56 Å². The zero-order valence-corrected chi connectivity index (χ0v) is 23.1. The van der Waals surface area contributed by atoms with Crippen molar-refractivity contribution < 1.29 is 14.6 Å². The number of nitrogens with zero attached hydrogens (tertiary/aromatic N) is 2. The van der Waals surface area contributed by atoms with Gasteiger partial charge in [0.25, 0.3) is 0 Å². The van der Waals surface area contributed by atoms with E-state index in [1.807, 2.05) is 13.8 Å². The van der Waals surface area contributed by atoms with Gasteiger partial charge in [0, 0.05) is 0 Å². The quantitative estimate of drug-likeness (QED) is 0.202. The molecule has 0 aliphatic heterocycles. The van der Waals surface area contributed by atoms with Crippen LogP contribution in [0.3, 0.4) is 0 Å². The van der Waals surface area contributed by atoms with Crippen molar-refractivity contribution >= 4 is 11.7 Å². The first-order chi connectivity index (χ1) is 18.0. The molecule has 0 amide bonds. The van der Waals surface area contributed by atoms with Crippen LogP contribution in [0.25, 0.3) is 0 Å². The Hall–Kier alpha value is -4.25. The van der Waals surface area contributed by atoms with Crippen molar-refractivity contribution in [1.82, 2.24) is 0 Å². The molecule has 0 heterocycles. The molecule has 38 heavy (non-hydrogen) atoms. The maximum Gasteiger partial charge on any atom is 0.335 e. The minimum Gasteiger partial charge on any atom is -0.496 e. The standard InChI is InChI=1S/C33H34N2O3/c1-20-12-21(2)15-27(14-20)33(28-16-22(3)13-23(4)17-28,29-18-24(5)31(38-7)25(6)19-29)35-34-30-10-8-26(9-11-30)32(36)37/h8-19H,1-7H3,(H,36,37). The smallest absolute Gasteiger partial charge is 0.335 e. The number of hydrogen-bond acceptors (Lipinski definition) is 4. The minimum absolute atomic E-state index is 0.209. The molecule has 4 rings (SSSR count). The van der Waals surface area contributed by atoms with Crippen molar-refractivity contribution in [3.05, 3.63) is 128 Å². The number of azo groups is 1. The number of benzene rings is 4. The summed E-state index contributed by atoms with van der Waals surface area (Å²) in [5.41, 5.74) is 9.40. The van der Waals surface area contributed by atoms with Gasteiger partial charge in [-0.05, 0) is 106 Å². The molecule has 0 bridgehead atoms. The van der Waals surface area contributed by atoms with Gasteiger partial charge in [0.15, 0.2) is 5.54 Å². The summed E-state index contributed by atoms with van der Waals surface area (Å²) in [6, 6.07) is 23.7. The summed E-state index contributed by atoms with van der Waals surface area (Å²) < 4.78 is 5.69. The van der Waals surface area contributed by atoms with Gasteiger partial charge in [-0.15, -0.1) is 0 Å². The highest BCUT2D eigenvalue weighted by molar-refractivity contribution is 5.87. The number of hydrogen-bond donors (Lipinski definition) is 1. The third-order valence-electron chi connectivity index (χ3n) is 6.79. The Labute approximate surface area is 224 Å². The van der Waals surface area contributed by atoms with E-state index >= 15 is 0 Å². The van der Waals surface area contributed by atoms with Crippen molar-refractivity contribution in [1.29, 1.82) is 0 Å². The maximum absolute atomic E-state index is 11.4. The molecule has 0 aliphatic carbocycles. The second kappa shape index (κ2) is 10.6. The number of aryl methyl sites for hydroxylation is 6. The molecule has 0 atom stereocenters. The van der Waals surface area contributed by atoms with Crippen LogP contribution in [0.15, 0.2) is 83.0 Å². The molecule has 0 fully saturated rings. The lowest BCUT2D eigenvalue weighted by atomic mass is 9.75. The van der Waals surface area contributed by atoms with Gasteiger partial charge in [0.2, 0.25) is 0 Å². The fraction of sp³-hybridized carbons (Fsp3) is 0.242. The Kier molecular flexibility index (Phi) is 7.49. The van der Waals surface area contributed by atoms with Crippen LogP contribution in [0.4, 0.5) is 5.69 Å². The highest BCUT2D eigenvalue weighted by atomic mass is 16.5. The lowest BCUT2D eigenvalue weighted by Gasteiger charge is -2.33. The number of ether oxygens (including phenoxy) is 1. The van der Waals surface area contributed by atoms with Crippen LogP contribution < -0.4 is 4.74 Å². The number of carboxylic acids is 1. The van der Waals surface area contributed by atoms with Crippen molar-refractivity contribution in [2.75, 3.05) is 7.11 Å². The number of rotatable bonds is 7. The molecule has 0 aliphatic rings. The molecule has 0 aromatic heterocycles. The van der Waals surface area contributed by atoms with Crippen LogP contribution in [0.2, 0.25) is 0 Å². The van der Waals surface area contributed by atoms with Crippen molar-refractivity contribution in [3.63, 3.8) is 0 Å². The van der Waals surface area contributed by atoms with Crippen molar-refractivity contribution in [2.45, 2.75) is 47.1 Å². The summed E-state index contributed by atoms with van der Waals surface area (Å²) in [4.78, 5) is 11.4. The lowest BCUT2D eigenvalue weighted by Crippen LogP contribution is -2.28. The zero-order valence-electron chi connectivity index (χ0n) is 23.1. The van der Waals surface area contributed by atoms with Gasteiger partial charge in [-0.1, -0.05) is 58.7 Å². The average molecular weight is 507 g/mol. The molecule has 5 heteroatoms. The van der Waals surface area contributed by atoms with E-state index in [4.69, 9.17) is 15.0 Å². The summed E-state index contributed by atoms with van der Waals surface area (Å²) in [5.74, 6) is -0.123. The minimum atomic E-state index is -0.975. The SMILES string of the molecule is COc1c(C)cc(C(N=Nc2ccc(C(=O)O)cc2)(c2cc(C)cc(C)c2)c2cc(C)cc(C)c2)cc1C. The monoisotopic (exact) mass is 506 g/mol. The first-order valence-electron chi connectivity index (χ1n) is 12.6. The van der Waals surface area contributed by atoms with Gasteiger partial charge in [0.1, 0.15) is 5.75 Å².